The van der Waals surface area contributed by atoms with E-state index < -0.39 is 30.7 Å². The lowest BCUT2D eigenvalue weighted by molar-refractivity contribution is -0.148. The van der Waals surface area contributed by atoms with Gasteiger partial charge in [0.15, 0.2) is 0 Å². The SMILES string of the molecule is O=C=C1CC(NCCC(F)(F)F)(C(=O)O)CCN1. The Morgan fingerprint density at radius 1 is 1.56 bits per heavy atom. The first-order valence-corrected chi connectivity index (χ1v) is 5.32. The third kappa shape index (κ3) is 3.75. The number of piperidine rings is 1. The minimum atomic E-state index is -4.34. The fourth-order valence-electron chi connectivity index (χ4n) is 1.80. The quantitative estimate of drug-likeness (QED) is 0.644. The van der Waals surface area contributed by atoms with Gasteiger partial charge in [-0.15, -0.1) is 0 Å². The van der Waals surface area contributed by atoms with Crippen molar-refractivity contribution in [2.45, 2.75) is 31.0 Å². The van der Waals surface area contributed by atoms with E-state index in [9.17, 15) is 22.8 Å². The van der Waals surface area contributed by atoms with E-state index in [0.717, 1.165) is 0 Å². The molecule has 1 fully saturated rings. The number of aliphatic carboxylic acids is 1. The second-order valence-electron chi connectivity index (χ2n) is 4.11. The molecule has 0 spiro atoms. The Balaban J connectivity index is 2.69. The fourth-order valence-corrected chi connectivity index (χ4v) is 1.80. The van der Waals surface area contributed by atoms with Crippen LogP contribution in [0.1, 0.15) is 19.3 Å². The summed E-state index contributed by atoms with van der Waals surface area (Å²) in [5, 5.41) is 14.2. The van der Waals surface area contributed by atoms with Crippen molar-refractivity contribution in [3.05, 3.63) is 5.70 Å². The summed E-state index contributed by atoms with van der Waals surface area (Å²) in [5.41, 5.74) is -1.47. The van der Waals surface area contributed by atoms with E-state index in [0.29, 0.717) is 0 Å². The van der Waals surface area contributed by atoms with E-state index in [-0.39, 0.29) is 25.1 Å². The molecular formula is C10H13F3N2O3. The van der Waals surface area contributed by atoms with Gasteiger partial charge in [-0.1, -0.05) is 0 Å². The van der Waals surface area contributed by atoms with Crippen LogP contribution in [0.25, 0.3) is 0 Å². The number of alkyl halides is 3. The summed E-state index contributed by atoms with van der Waals surface area (Å²) in [7, 11) is 0. The van der Waals surface area contributed by atoms with Crippen molar-refractivity contribution < 1.29 is 27.9 Å². The zero-order valence-corrected chi connectivity index (χ0v) is 9.43. The molecule has 1 aliphatic rings. The van der Waals surface area contributed by atoms with Crippen molar-refractivity contribution in [1.29, 1.82) is 0 Å². The van der Waals surface area contributed by atoms with Crippen LogP contribution in [0.15, 0.2) is 5.70 Å². The first-order valence-electron chi connectivity index (χ1n) is 5.32. The molecule has 1 unspecified atom stereocenters. The van der Waals surface area contributed by atoms with Gasteiger partial charge in [0.05, 0.1) is 12.1 Å². The van der Waals surface area contributed by atoms with E-state index >= 15 is 0 Å². The van der Waals surface area contributed by atoms with Crippen LogP contribution in [0.4, 0.5) is 13.2 Å². The van der Waals surface area contributed by atoms with Crippen LogP contribution < -0.4 is 10.6 Å². The van der Waals surface area contributed by atoms with Gasteiger partial charge in [-0.05, 0) is 6.42 Å². The van der Waals surface area contributed by atoms with Gasteiger partial charge in [-0.3, -0.25) is 4.79 Å². The highest BCUT2D eigenvalue weighted by molar-refractivity contribution is 5.80. The average Bonchev–Trinajstić information content (AvgIpc) is 2.27. The molecule has 1 saturated heterocycles. The molecule has 18 heavy (non-hydrogen) atoms. The maximum Gasteiger partial charge on any atom is 0.390 e. The molecule has 0 aromatic heterocycles. The number of hydrogen-bond acceptors (Lipinski definition) is 4. The van der Waals surface area contributed by atoms with E-state index in [1.807, 2.05) is 0 Å². The topological polar surface area (TPSA) is 78.4 Å². The van der Waals surface area contributed by atoms with Crippen molar-refractivity contribution in [1.82, 2.24) is 10.6 Å². The smallest absolute Gasteiger partial charge is 0.390 e. The minimum absolute atomic E-state index is 0.0585. The van der Waals surface area contributed by atoms with Crippen molar-refractivity contribution in [2.24, 2.45) is 0 Å². The summed E-state index contributed by atoms with van der Waals surface area (Å²) < 4.78 is 36.0. The highest BCUT2D eigenvalue weighted by Crippen LogP contribution is 2.25. The number of rotatable bonds is 4. The molecule has 1 aliphatic heterocycles. The summed E-state index contributed by atoms with van der Waals surface area (Å²) in [5.74, 6) is 0.285. The van der Waals surface area contributed by atoms with Crippen molar-refractivity contribution in [3.8, 4) is 0 Å². The summed E-state index contributed by atoms with van der Waals surface area (Å²) in [6, 6.07) is 0. The lowest BCUT2D eigenvalue weighted by atomic mass is 9.86. The van der Waals surface area contributed by atoms with Crippen LogP contribution in [-0.4, -0.2) is 41.8 Å². The Bertz CT molecular complexity index is 377. The predicted octanol–water partition coefficient (Wildman–Crippen LogP) is 0.451. The number of carbonyl (C=O) groups is 1. The Kier molecular flexibility index (Phi) is 4.37. The maximum absolute atomic E-state index is 12.0. The Hall–Kier alpha value is -1.53. The molecule has 5 nitrogen and oxygen atoms in total. The minimum Gasteiger partial charge on any atom is -0.480 e. The molecule has 1 heterocycles. The molecule has 0 saturated carbocycles. The standard InChI is InChI=1S/C10H13F3N2O3/c11-10(12,13)2-4-15-9(8(17)18)1-3-14-7(5-9)6-16/h14-15H,1-5H2,(H,17,18). The first kappa shape index (κ1) is 14.5. The fraction of sp³-hybridized carbons (Fsp3) is 0.700. The van der Waals surface area contributed by atoms with Gasteiger partial charge in [0, 0.05) is 19.5 Å². The van der Waals surface area contributed by atoms with Gasteiger partial charge >= 0.3 is 12.1 Å². The van der Waals surface area contributed by atoms with Crippen LogP contribution in [0.2, 0.25) is 0 Å². The van der Waals surface area contributed by atoms with Gasteiger partial charge in [0.1, 0.15) is 11.5 Å². The molecule has 0 aliphatic carbocycles. The van der Waals surface area contributed by atoms with Crippen LogP contribution in [0.5, 0.6) is 0 Å². The molecule has 1 atom stereocenters. The highest BCUT2D eigenvalue weighted by atomic mass is 19.4. The van der Waals surface area contributed by atoms with Crippen LogP contribution in [0.3, 0.4) is 0 Å². The molecule has 0 aromatic carbocycles. The van der Waals surface area contributed by atoms with E-state index in [1.165, 1.54) is 0 Å². The Morgan fingerprint density at radius 2 is 2.22 bits per heavy atom. The van der Waals surface area contributed by atoms with Crippen molar-refractivity contribution in [3.63, 3.8) is 0 Å². The normalized spacial score (nSPS) is 24.3. The van der Waals surface area contributed by atoms with Crippen molar-refractivity contribution >= 4 is 11.9 Å². The number of nitrogens with one attached hydrogen (secondary N) is 2. The highest BCUT2D eigenvalue weighted by Gasteiger charge is 2.42. The molecule has 0 radical (unpaired) electrons. The molecule has 3 N–H and O–H groups in total. The summed E-state index contributed by atoms with van der Waals surface area (Å²) in [4.78, 5) is 21.7. The number of carboxylic acid groups (broad SMARTS) is 1. The molecule has 102 valence electrons. The molecule has 1 rings (SSSR count). The van der Waals surface area contributed by atoms with E-state index in [1.54, 1.807) is 5.94 Å². The maximum atomic E-state index is 12.0. The van der Waals surface area contributed by atoms with Crippen LogP contribution >= 0.6 is 0 Å². The monoisotopic (exact) mass is 266 g/mol. The molecule has 0 amide bonds. The summed E-state index contributed by atoms with van der Waals surface area (Å²) in [6.45, 7) is -0.294. The first-order chi connectivity index (χ1) is 8.29. The zero-order valence-electron chi connectivity index (χ0n) is 9.43. The largest absolute Gasteiger partial charge is 0.480 e. The number of halogens is 3. The van der Waals surface area contributed by atoms with Crippen molar-refractivity contribution in [2.75, 3.05) is 13.1 Å². The predicted molar refractivity (Wildman–Crippen MR) is 55.5 cm³/mol. The zero-order chi connectivity index (χ0) is 13.8. The summed E-state index contributed by atoms with van der Waals surface area (Å²) in [6.07, 6.45) is -5.55. The number of carbonyl (C=O) groups excluding carboxylic acids is 1. The van der Waals surface area contributed by atoms with Gasteiger partial charge in [-0.2, -0.15) is 13.2 Å². The third-order valence-electron chi connectivity index (χ3n) is 2.77. The molecule has 0 bridgehead atoms. The second-order valence-corrected chi connectivity index (χ2v) is 4.11. The molecular weight excluding hydrogens is 253 g/mol. The lowest BCUT2D eigenvalue weighted by Crippen LogP contribution is -2.57. The number of carboxylic acids is 1. The number of hydrogen-bond donors (Lipinski definition) is 3. The van der Waals surface area contributed by atoms with Gasteiger partial charge < -0.3 is 15.7 Å². The third-order valence-corrected chi connectivity index (χ3v) is 2.77. The Labute approximate surface area is 101 Å². The van der Waals surface area contributed by atoms with Gasteiger partial charge in [0.25, 0.3) is 0 Å². The van der Waals surface area contributed by atoms with Crippen LogP contribution in [-0.2, 0) is 9.59 Å². The molecule has 0 aromatic rings. The van der Waals surface area contributed by atoms with Gasteiger partial charge in [-0.25, -0.2) is 4.79 Å². The summed E-state index contributed by atoms with van der Waals surface area (Å²) >= 11 is 0. The second kappa shape index (κ2) is 5.41. The Morgan fingerprint density at radius 3 is 2.72 bits per heavy atom. The lowest BCUT2D eigenvalue weighted by Gasteiger charge is -2.35. The van der Waals surface area contributed by atoms with E-state index in [4.69, 9.17) is 5.11 Å². The van der Waals surface area contributed by atoms with Crippen LogP contribution in [0, 0.1) is 0 Å². The van der Waals surface area contributed by atoms with Gasteiger partial charge in [0.2, 0.25) is 0 Å². The average molecular weight is 266 g/mol. The molecule has 8 heteroatoms. The van der Waals surface area contributed by atoms with E-state index in [2.05, 4.69) is 10.6 Å².